The van der Waals surface area contributed by atoms with E-state index in [-0.39, 0.29) is 17.5 Å². The fourth-order valence-electron chi connectivity index (χ4n) is 4.55. The van der Waals surface area contributed by atoms with Crippen LogP contribution in [0.1, 0.15) is 44.6 Å². The third kappa shape index (κ3) is 4.03. The number of aromatic amines is 1. The first-order chi connectivity index (χ1) is 14.4. The van der Waals surface area contributed by atoms with Gasteiger partial charge in [0.05, 0.1) is 5.75 Å². The van der Waals surface area contributed by atoms with E-state index in [1.807, 2.05) is 19.2 Å². The lowest BCUT2D eigenvalue weighted by Gasteiger charge is -2.37. The molecule has 0 spiro atoms. The first kappa shape index (κ1) is 21.1. The van der Waals surface area contributed by atoms with Gasteiger partial charge < -0.3 is 9.88 Å². The minimum absolute atomic E-state index is 0.0853. The number of piperidine rings is 1. The van der Waals surface area contributed by atoms with Crippen LogP contribution in [0.3, 0.4) is 0 Å². The zero-order chi connectivity index (χ0) is 21.3. The Balaban J connectivity index is 1.51. The highest BCUT2D eigenvalue weighted by atomic mass is 32.2. The zero-order valence-corrected chi connectivity index (χ0v) is 18.0. The number of nitrogens with one attached hydrogen (secondary N) is 1. The van der Waals surface area contributed by atoms with E-state index in [9.17, 15) is 17.6 Å². The Kier molecular flexibility index (Phi) is 5.97. The molecule has 1 atom stereocenters. The summed E-state index contributed by atoms with van der Waals surface area (Å²) in [5.74, 6) is -0.284. The van der Waals surface area contributed by atoms with E-state index in [0.717, 1.165) is 34.9 Å². The van der Waals surface area contributed by atoms with Crippen LogP contribution >= 0.6 is 0 Å². The van der Waals surface area contributed by atoms with Crippen molar-refractivity contribution in [2.24, 2.45) is 0 Å². The summed E-state index contributed by atoms with van der Waals surface area (Å²) < 4.78 is 40.2. The molecule has 0 aliphatic carbocycles. The summed E-state index contributed by atoms with van der Waals surface area (Å²) in [6.45, 7) is 3.28. The van der Waals surface area contributed by atoms with Crippen molar-refractivity contribution >= 4 is 32.4 Å². The van der Waals surface area contributed by atoms with Gasteiger partial charge in [-0.2, -0.15) is 4.31 Å². The number of benzene rings is 1. The average Bonchev–Trinajstić information content (AvgIpc) is 3.16. The quantitative estimate of drug-likeness (QED) is 0.784. The predicted molar refractivity (Wildman–Crippen MR) is 116 cm³/mol. The number of sulfonamides is 1. The maximum atomic E-state index is 13.4. The van der Waals surface area contributed by atoms with Crippen LogP contribution in [0.25, 0.3) is 16.5 Å². The number of carbonyl (C=O) groups excluding carboxylic acids is 1. The van der Waals surface area contributed by atoms with Gasteiger partial charge in [-0.3, -0.25) is 4.79 Å². The molecule has 0 saturated carbocycles. The number of H-pyrrole nitrogens is 1. The Morgan fingerprint density at radius 3 is 2.83 bits per heavy atom. The van der Waals surface area contributed by atoms with Crippen LogP contribution in [0.4, 0.5) is 4.39 Å². The van der Waals surface area contributed by atoms with E-state index in [1.54, 1.807) is 11.0 Å². The van der Waals surface area contributed by atoms with E-state index in [4.69, 9.17) is 0 Å². The van der Waals surface area contributed by atoms with Gasteiger partial charge in [-0.15, -0.1) is 0 Å². The molecule has 0 radical (unpaired) electrons. The van der Waals surface area contributed by atoms with Gasteiger partial charge in [0.15, 0.2) is 0 Å². The van der Waals surface area contributed by atoms with E-state index in [2.05, 4.69) is 4.98 Å². The van der Waals surface area contributed by atoms with Crippen molar-refractivity contribution in [3.63, 3.8) is 0 Å². The number of hydrogen-bond donors (Lipinski definition) is 1. The van der Waals surface area contributed by atoms with Crippen molar-refractivity contribution in [2.75, 3.05) is 25.4 Å². The van der Waals surface area contributed by atoms with Gasteiger partial charge in [0.2, 0.25) is 15.9 Å². The number of fused-ring (bicyclic) bond motifs is 1. The van der Waals surface area contributed by atoms with Gasteiger partial charge in [-0.05, 0) is 49.5 Å². The van der Waals surface area contributed by atoms with Crippen LogP contribution < -0.4 is 0 Å². The fourth-order valence-corrected chi connectivity index (χ4v) is 6.29. The third-order valence-corrected chi connectivity index (χ3v) is 8.14. The smallest absolute Gasteiger partial charge is 0.241 e. The van der Waals surface area contributed by atoms with Crippen molar-refractivity contribution in [1.29, 1.82) is 0 Å². The number of amides is 1. The lowest BCUT2D eigenvalue weighted by Crippen LogP contribution is -2.54. The SMILES string of the molecule is CCCS(=O)(=O)N1CCCCC1C(=O)N1CC=C(c2c[nH]c3cc(F)ccc23)CC1. The molecule has 1 saturated heterocycles. The van der Waals surface area contributed by atoms with Gasteiger partial charge in [0, 0.05) is 42.3 Å². The molecular weight excluding hydrogens is 405 g/mol. The minimum Gasteiger partial charge on any atom is -0.360 e. The molecule has 3 heterocycles. The highest BCUT2D eigenvalue weighted by Crippen LogP contribution is 2.31. The Bertz CT molecular complexity index is 1080. The number of hydrogen-bond acceptors (Lipinski definition) is 3. The van der Waals surface area contributed by atoms with Crippen molar-refractivity contribution in [1.82, 2.24) is 14.2 Å². The van der Waals surface area contributed by atoms with Gasteiger partial charge in [0.25, 0.3) is 0 Å². The summed E-state index contributed by atoms with van der Waals surface area (Å²) in [7, 11) is -3.40. The normalized spacial score (nSPS) is 21.1. The lowest BCUT2D eigenvalue weighted by molar-refractivity contribution is -0.135. The summed E-state index contributed by atoms with van der Waals surface area (Å²) in [6, 6.07) is 4.12. The molecule has 2 aliphatic rings. The number of rotatable bonds is 5. The standard InChI is InChI=1S/C22H28FN3O3S/c1-2-13-30(28,29)26-10-4-3-5-21(26)22(27)25-11-8-16(9-12-25)19-15-24-20-14-17(23)6-7-18(19)20/h6-8,14-15,21,24H,2-5,9-13H2,1H3. The van der Waals surface area contributed by atoms with Crippen LogP contribution in [-0.4, -0.2) is 59.9 Å². The average molecular weight is 434 g/mol. The zero-order valence-electron chi connectivity index (χ0n) is 17.2. The Morgan fingerprint density at radius 2 is 2.10 bits per heavy atom. The van der Waals surface area contributed by atoms with Gasteiger partial charge in [0.1, 0.15) is 11.9 Å². The van der Waals surface area contributed by atoms with Crippen molar-refractivity contribution in [2.45, 2.75) is 45.1 Å². The largest absolute Gasteiger partial charge is 0.360 e. The summed E-state index contributed by atoms with van der Waals surface area (Å²) >= 11 is 0. The summed E-state index contributed by atoms with van der Waals surface area (Å²) in [6.07, 6.45) is 7.40. The fraction of sp³-hybridized carbons (Fsp3) is 0.500. The summed E-state index contributed by atoms with van der Waals surface area (Å²) in [5.41, 5.74) is 2.90. The molecule has 1 aromatic heterocycles. The molecule has 30 heavy (non-hydrogen) atoms. The maximum absolute atomic E-state index is 13.4. The molecule has 6 nitrogen and oxygen atoms in total. The molecule has 8 heteroatoms. The number of halogens is 1. The lowest BCUT2D eigenvalue weighted by atomic mass is 9.97. The second kappa shape index (κ2) is 8.51. The van der Waals surface area contributed by atoms with E-state index in [0.29, 0.717) is 38.9 Å². The number of nitrogens with zero attached hydrogens (tertiary/aromatic N) is 2. The Hall–Kier alpha value is -2.19. The minimum atomic E-state index is -3.40. The first-order valence-electron chi connectivity index (χ1n) is 10.6. The number of aromatic nitrogens is 1. The molecule has 1 aromatic carbocycles. The molecular formula is C22H28FN3O3S. The van der Waals surface area contributed by atoms with Crippen molar-refractivity contribution in [3.05, 3.63) is 41.9 Å². The monoisotopic (exact) mass is 433 g/mol. The van der Waals surface area contributed by atoms with Gasteiger partial charge >= 0.3 is 0 Å². The van der Waals surface area contributed by atoms with Crippen LogP contribution in [0.5, 0.6) is 0 Å². The van der Waals surface area contributed by atoms with Crippen LogP contribution in [0, 0.1) is 5.82 Å². The predicted octanol–water partition coefficient (Wildman–Crippen LogP) is 3.52. The third-order valence-electron chi connectivity index (χ3n) is 6.07. The maximum Gasteiger partial charge on any atom is 0.241 e. The van der Waals surface area contributed by atoms with Crippen molar-refractivity contribution in [3.8, 4) is 0 Å². The molecule has 2 aliphatic heterocycles. The molecule has 1 fully saturated rings. The van der Waals surface area contributed by atoms with E-state index in [1.165, 1.54) is 16.4 Å². The molecule has 0 bridgehead atoms. The van der Waals surface area contributed by atoms with Crippen LogP contribution in [-0.2, 0) is 14.8 Å². The van der Waals surface area contributed by atoms with E-state index >= 15 is 0 Å². The van der Waals surface area contributed by atoms with Gasteiger partial charge in [-0.1, -0.05) is 19.4 Å². The summed E-state index contributed by atoms with van der Waals surface area (Å²) in [4.78, 5) is 18.1. The first-order valence-corrected chi connectivity index (χ1v) is 12.3. The molecule has 1 amide bonds. The van der Waals surface area contributed by atoms with Crippen LogP contribution in [0.15, 0.2) is 30.5 Å². The Morgan fingerprint density at radius 1 is 1.27 bits per heavy atom. The molecule has 4 rings (SSSR count). The second-order valence-electron chi connectivity index (χ2n) is 8.09. The van der Waals surface area contributed by atoms with Gasteiger partial charge in [-0.25, -0.2) is 12.8 Å². The Labute approximate surface area is 176 Å². The molecule has 2 aromatic rings. The van der Waals surface area contributed by atoms with Crippen molar-refractivity contribution < 1.29 is 17.6 Å². The molecule has 1 N–H and O–H groups in total. The highest BCUT2D eigenvalue weighted by Gasteiger charge is 2.38. The van der Waals surface area contributed by atoms with E-state index < -0.39 is 16.1 Å². The molecule has 1 unspecified atom stereocenters. The molecule has 162 valence electrons. The van der Waals surface area contributed by atoms with Crippen LogP contribution in [0.2, 0.25) is 0 Å². The number of carbonyl (C=O) groups is 1. The second-order valence-corrected chi connectivity index (χ2v) is 10.1. The topological polar surface area (TPSA) is 73.5 Å². The summed E-state index contributed by atoms with van der Waals surface area (Å²) in [5, 5.41) is 0.964. The highest BCUT2D eigenvalue weighted by molar-refractivity contribution is 7.89.